The lowest BCUT2D eigenvalue weighted by Gasteiger charge is -2.37. The maximum Gasteiger partial charge on any atom is 0.248 e. The third-order valence-corrected chi connectivity index (χ3v) is 4.89. The number of hydrogen-bond donors (Lipinski definition) is 2. The second kappa shape index (κ2) is 8.02. The molecule has 1 amide bonds. The van der Waals surface area contributed by atoms with Crippen molar-refractivity contribution in [2.24, 2.45) is 0 Å². The first kappa shape index (κ1) is 19.5. The number of benzene rings is 1. The number of hydrogen-bond acceptors (Lipinski definition) is 3. The van der Waals surface area contributed by atoms with Crippen LogP contribution in [0.3, 0.4) is 0 Å². The van der Waals surface area contributed by atoms with Crippen LogP contribution in [0.1, 0.15) is 42.5 Å². The van der Waals surface area contributed by atoms with Gasteiger partial charge in [-0.05, 0) is 58.3 Å². The smallest absolute Gasteiger partial charge is 0.248 e. The molecule has 2 heterocycles. The van der Waals surface area contributed by atoms with Crippen LogP contribution < -0.4 is 10.6 Å². The number of carbonyl (C=O) groups is 1. The molecule has 1 aromatic carbocycles. The topological polar surface area (TPSA) is 59.0 Å². The van der Waals surface area contributed by atoms with Crippen LogP contribution in [-0.2, 0) is 10.3 Å². The Bertz CT molecular complexity index is 688. The van der Waals surface area contributed by atoms with E-state index in [-0.39, 0.29) is 24.4 Å². The average Bonchev–Trinajstić information content (AvgIpc) is 3.09. The molecule has 0 spiro atoms. The Hall–Kier alpha value is -1.85. The van der Waals surface area contributed by atoms with E-state index >= 15 is 0 Å². The fourth-order valence-corrected chi connectivity index (χ4v) is 3.60. The van der Waals surface area contributed by atoms with Crippen molar-refractivity contribution in [2.75, 3.05) is 13.1 Å². The lowest BCUT2D eigenvalue weighted by atomic mass is 9.87. The van der Waals surface area contributed by atoms with Crippen molar-refractivity contribution in [1.29, 1.82) is 0 Å². The van der Waals surface area contributed by atoms with Crippen LogP contribution in [0.15, 0.2) is 36.7 Å². The molecule has 0 aliphatic carbocycles. The zero-order chi connectivity index (χ0) is 17.2. The Balaban J connectivity index is 0.00000225. The molecule has 1 saturated heterocycles. The molecule has 136 valence electrons. The maximum atomic E-state index is 13.2. The minimum atomic E-state index is -0.595. The van der Waals surface area contributed by atoms with Gasteiger partial charge in [-0.2, -0.15) is 5.10 Å². The van der Waals surface area contributed by atoms with Crippen molar-refractivity contribution >= 4 is 18.3 Å². The van der Waals surface area contributed by atoms with E-state index in [0.717, 1.165) is 31.5 Å². The summed E-state index contributed by atoms with van der Waals surface area (Å²) in [5, 5.41) is 10.9. The number of piperidine rings is 1. The number of amides is 1. The fraction of sp³-hybridized carbons (Fsp3) is 0.474. The summed E-state index contributed by atoms with van der Waals surface area (Å²) in [6.45, 7) is 7.87. The van der Waals surface area contributed by atoms with Gasteiger partial charge in [0.15, 0.2) is 0 Å². The first-order valence-corrected chi connectivity index (χ1v) is 8.61. The van der Waals surface area contributed by atoms with Crippen molar-refractivity contribution in [3.63, 3.8) is 0 Å². The van der Waals surface area contributed by atoms with Gasteiger partial charge in [-0.15, -0.1) is 12.4 Å². The molecule has 1 fully saturated rings. The molecule has 1 aromatic heterocycles. The number of rotatable bonds is 4. The molecule has 1 aliphatic rings. The number of nitrogens with zero attached hydrogens (tertiary/aromatic N) is 2. The quantitative estimate of drug-likeness (QED) is 0.879. The van der Waals surface area contributed by atoms with Crippen LogP contribution in [0.25, 0.3) is 0 Å². The van der Waals surface area contributed by atoms with Gasteiger partial charge in [-0.25, -0.2) is 0 Å². The summed E-state index contributed by atoms with van der Waals surface area (Å²) < 4.78 is 1.83. The van der Waals surface area contributed by atoms with Crippen molar-refractivity contribution in [3.05, 3.63) is 53.3 Å². The van der Waals surface area contributed by atoms with E-state index in [1.54, 1.807) is 6.20 Å². The SMILES string of the molecule is Cc1cc(C)cc(C(C)NC(=O)C2(n3cccn3)CCNCC2)c1.Cl. The maximum absolute atomic E-state index is 13.2. The summed E-state index contributed by atoms with van der Waals surface area (Å²) in [6.07, 6.45) is 5.14. The molecule has 6 heteroatoms. The summed E-state index contributed by atoms with van der Waals surface area (Å²) in [6, 6.07) is 8.28. The predicted molar refractivity (Wildman–Crippen MR) is 102 cm³/mol. The molecular weight excluding hydrogens is 336 g/mol. The molecular formula is C19H27ClN4O. The van der Waals surface area contributed by atoms with E-state index in [4.69, 9.17) is 0 Å². The lowest BCUT2D eigenvalue weighted by molar-refractivity contribution is -0.132. The number of aromatic nitrogens is 2. The van der Waals surface area contributed by atoms with Gasteiger partial charge >= 0.3 is 0 Å². The molecule has 2 N–H and O–H groups in total. The van der Waals surface area contributed by atoms with Gasteiger partial charge in [0.05, 0.1) is 6.04 Å². The summed E-state index contributed by atoms with van der Waals surface area (Å²) in [5.74, 6) is 0.0550. The summed E-state index contributed by atoms with van der Waals surface area (Å²) in [5.41, 5.74) is 2.98. The van der Waals surface area contributed by atoms with Gasteiger partial charge in [0, 0.05) is 12.4 Å². The van der Waals surface area contributed by atoms with E-state index < -0.39 is 5.54 Å². The lowest BCUT2D eigenvalue weighted by Crippen LogP contribution is -2.55. The summed E-state index contributed by atoms with van der Waals surface area (Å²) in [7, 11) is 0. The zero-order valence-electron chi connectivity index (χ0n) is 15.1. The van der Waals surface area contributed by atoms with E-state index in [0.29, 0.717) is 0 Å². The predicted octanol–water partition coefficient (Wildman–Crippen LogP) is 2.88. The third kappa shape index (κ3) is 4.05. The molecule has 0 saturated carbocycles. The second-order valence-electron chi connectivity index (χ2n) is 6.85. The largest absolute Gasteiger partial charge is 0.347 e. The van der Waals surface area contributed by atoms with Gasteiger partial charge in [0.25, 0.3) is 0 Å². The minimum absolute atomic E-state index is 0. The average molecular weight is 363 g/mol. The number of halogens is 1. The Morgan fingerprint density at radius 1 is 1.24 bits per heavy atom. The monoisotopic (exact) mass is 362 g/mol. The molecule has 1 aliphatic heterocycles. The van der Waals surface area contributed by atoms with E-state index in [1.807, 2.05) is 23.9 Å². The normalized spacial score (nSPS) is 17.4. The molecule has 1 unspecified atom stereocenters. The number of nitrogens with one attached hydrogen (secondary N) is 2. The molecule has 3 rings (SSSR count). The molecule has 25 heavy (non-hydrogen) atoms. The Labute approximate surface area is 155 Å². The van der Waals surface area contributed by atoms with Crippen LogP contribution in [-0.4, -0.2) is 28.8 Å². The highest BCUT2D eigenvalue weighted by Crippen LogP contribution is 2.28. The summed E-state index contributed by atoms with van der Waals surface area (Å²) >= 11 is 0. The molecule has 0 radical (unpaired) electrons. The standard InChI is InChI=1S/C19H26N4O.ClH/c1-14-11-15(2)13-17(12-14)16(3)22-18(24)19(5-8-20-9-6-19)23-10-4-7-21-23;/h4,7,10-13,16,20H,5-6,8-9H2,1-3H3,(H,22,24);1H. The molecule has 2 aromatic rings. The summed E-state index contributed by atoms with van der Waals surface area (Å²) in [4.78, 5) is 13.2. The van der Waals surface area contributed by atoms with Gasteiger partial charge in [-0.1, -0.05) is 29.3 Å². The highest BCUT2D eigenvalue weighted by atomic mass is 35.5. The highest BCUT2D eigenvalue weighted by molar-refractivity contribution is 5.85. The molecule has 1 atom stereocenters. The van der Waals surface area contributed by atoms with Crippen LogP contribution in [0, 0.1) is 13.8 Å². The van der Waals surface area contributed by atoms with Gasteiger partial charge in [0.1, 0.15) is 5.54 Å². The fourth-order valence-electron chi connectivity index (χ4n) is 3.60. The minimum Gasteiger partial charge on any atom is -0.347 e. The first-order chi connectivity index (χ1) is 11.5. The second-order valence-corrected chi connectivity index (χ2v) is 6.85. The van der Waals surface area contributed by atoms with Crippen molar-refractivity contribution in [1.82, 2.24) is 20.4 Å². The van der Waals surface area contributed by atoms with Gasteiger partial charge < -0.3 is 10.6 Å². The van der Waals surface area contributed by atoms with Crippen LogP contribution >= 0.6 is 12.4 Å². The van der Waals surface area contributed by atoms with Crippen LogP contribution in [0.5, 0.6) is 0 Å². The number of carbonyl (C=O) groups excluding carboxylic acids is 1. The number of aryl methyl sites for hydroxylation is 2. The van der Waals surface area contributed by atoms with Crippen molar-refractivity contribution < 1.29 is 4.79 Å². The third-order valence-electron chi connectivity index (χ3n) is 4.89. The highest BCUT2D eigenvalue weighted by Gasteiger charge is 2.42. The Kier molecular flexibility index (Phi) is 6.25. The van der Waals surface area contributed by atoms with E-state index in [2.05, 4.69) is 47.8 Å². The first-order valence-electron chi connectivity index (χ1n) is 8.61. The molecule has 0 bridgehead atoms. The van der Waals surface area contributed by atoms with Crippen molar-refractivity contribution in [2.45, 2.75) is 45.2 Å². The van der Waals surface area contributed by atoms with Gasteiger partial charge in [0.2, 0.25) is 5.91 Å². The Morgan fingerprint density at radius 3 is 2.44 bits per heavy atom. The van der Waals surface area contributed by atoms with Crippen LogP contribution in [0.4, 0.5) is 0 Å². The Morgan fingerprint density at radius 2 is 1.88 bits per heavy atom. The van der Waals surface area contributed by atoms with E-state index in [1.165, 1.54) is 11.1 Å². The van der Waals surface area contributed by atoms with Gasteiger partial charge in [-0.3, -0.25) is 9.48 Å². The van der Waals surface area contributed by atoms with E-state index in [9.17, 15) is 4.79 Å². The molecule has 5 nitrogen and oxygen atoms in total. The zero-order valence-corrected chi connectivity index (χ0v) is 15.9. The van der Waals surface area contributed by atoms with Crippen LogP contribution in [0.2, 0.25) is 0 Å². The van der Waals surface area contributed by atoms with Crippen molar-refractivity contribution in [3.8, 4) is 0 Å².